The molecule has 0 amide bonds. The summed E-state index contributed by atoms with van der Waals surface area (Å²) in [5, 5.41) is 37.5. The zero-order valence-electron chi connectivity index (χ0n) is 15.9. The molecule has 1 aromatic rings. The molecule has 27 heavy (non-hydrogen) atoms. The van der Waals surface area contributed by atoms with Crippen LogP contribution in [-0.4, -0.2) is 63.8 Å². The minimum atomic E-state index is -1.26. The molecule has 0 radical (unpaired) electrons. The molecule has 0 saturated carbocycles. The molecule has 1 rings (SSSR count). The molecule has 0 saturated heterocycles. The normalized spacial score (nSPS) is 12.2. The molecule has 0 bridgehead atoms. The molecule has 0 aromatic heterocycles. The van der Waals surface area contributed by atoms with Gasteiger partial charge in [0.25, 0.3) is 0 Å². The minimum Gasteiger partial charge on any atom is -0.491 e. The summed E-state index contributed by atoms with van der Waals surface area (Å²) in [5.74, 6) is -1.78. The van der Waals surface area contributed by atoms with Gasteiger partial charge in [0.2, 0.25) is 0 Å². The van der Waals surface area contributed by atoms with E-state index in [0.717, 1.165) is 11.3 Å². The number of aliphatic hydroxyl groups excluding tert-OH is 2. The first-order valence-corrected chi connectivity index (χ1v) is 8.43. The van der Waals surface area contributed by atoms with Gasteiger partial charge in [0.05, 0.1) is 0 Å². The van der Waals surface area contributed by atoms with Gasteiger partial charge in [-0.1, -0.05) is 12.1 Å². The lowest BCUT2D eigenvalue weighted by Crippen LogP contribution is -2.42. The second-order valence-electron chi connectivity index (χ2n) is 6.72. The quantitative estimate of drug-likeness (QED) is 0.399. The fourth-order valence-electron chi connectivity index (χ4n) is 1.70. The summed E-state index contributed by atoms with van der Waals surface area (Å²) in [6.45, 7) is 7.09. The van der Waals surface area contributed by atoms with Crippen molar-refractivity contribution in [2.45, 2.75) is 38.8 Å². The highest BCUT2D eigenvalue weighted by molar-refractivity contribution is 5.89. The molecule has 8 heteroatoms. The molecule has 0 heterocycles. The van der Waals surface area contributed by atoms with Gasteiger partial charge in [0.15, 0.2) is 0 Å². The van der Waals surface area contributed by atoms with Crippen LogP contribution in [0.1, 0.15) is 26.3 Å². The Morgan fingerprint density at radius 1 is 1.11 bits per heavy atom. The Balaban J connectivity index is 0.000000713. The smallest absolute Gasteiger partial charge is 0.328 e. The predicted octanol–water partition coefficient (Wildman–Crippen LogP) is 1.06. The fourth-order valence-corrected chi connectivity index (χ4v) is 1.70. The summed E-state index contributed by atoms with van der Waals surface area (Å²) in [7, 11) is 0. The SMILES string of the molecule is CC(C)(C)NC[C@H](O)COc1ccc(CCO)cc1.O=C(O)C=CC(=O)O. The first kappa shape index (κ1) is 24.6. The Bertz CT molecular complexity index is 575. The molecule has 1 atom stereocenters. The number of aliphatic hydroxyl groups is 2. The van der Waals surface area contributed by atoms with Crippen molar-refractivity contribution in [1.82, 2.24) is 5.32 Å². The van der Waals surface area contributed by atoms with Gasteiger partial charge in [-0.2, -0.15) is 0 Å². The Morgan fingerprint density at radius 3 is 2.04 bits per heavy atom. The largest absolute Gasteiger partial charge is 0.491 e. The first-order chi connectivity index (χ1) is 12.5. The number of rotatable bonds is 9. The van der Waals surface area contributed by atoms with Crippen LogP contribution in [0.25, 0.3) is 0 Å². The van der Waals surface area contributed by atoms with Gasteiger partial charge in [-0.25, -0.2) is 9.59 Å². The number of ether oxygens (including phenoxy) is 1. The average molecular weight is 383 g/mol. The molecule has 8 nitrogen and oxygen atoms in total. The van der Waals surface area contributed by atoms with Crippen molar-refractivity contribution in [1.29, 1.82) is 0 Å². The number of carboxylic acid groups (broad SMARTS) is 2. The van der Waals surface area contributed by atoms with E-state index >= 15 is 0 Å². The van der Waals surface area contributed by atoms with Crippen LogP contribution in [0.4, 0.5) is 0 Å². The molecule has 0 aliphatic carbocycles. The van der Waals surface area contributed by atoms with Crippen LogP contribution in [0.3, 0.4) is 0 Å². The molecule has 0 fully saturated rings. The number of benzene rings is 1. The maximum Gasteiger partial charge on any atom is 0.328 e. The molecular formula is C19H29NO7. The van der Waals surface area contributed by atoms with Crippen molar-refractivity contribution >= 4 is 11.9 Å². The zero-order chi connectivity index (χ0) is 20.9. The summed E-state index contributed by atoms with van der Waals surface area (Å²) in [6.07, 6.45) is 1.24. The number of hydrogen-bond acceptors (Lipinski definition) is 6. The van der Waals surface area contributed by atoms with E-state index in [9.17, 15) is 14.7 Å². The summed E-state index contributed by atoms with van der Waals surface area (Å²) in [5.41, 5.74) is 1.07. The van der Waals surface area contributed by atoms with Gasteiger partial charge >= 0.3 is 11.9 Å². The predicted molar refractivity (Wildman–Crippen MR) is 101 cm³/mol. The Morgan fingerprint density at radius 2 is 1.63 bits per heavy atom. The number of hydrogen-bond donors (Lipinski definition) is 5. The monoisotopic (exact) mass is 383 g/mol. The van der Waals surface area contributed by atoms with E-state index in [2.05, 4.69) is 26.1 Å². The molecule has 0 unspecified atom stereocenters. The van der Waals surface area contributed by atoms with Crippen LogP contribution in [0.15, 0.2) is 36.4 Å². The molecular weight excluding hydrogens is 354 g/mol. The van der Waals surface area contributed by atoms with Gasteiger partial charge in [0.1, 0.15) is 18.5 Å². The number of aliphatic carboxylic acids is 2. The van der Waals surface area contributed by atoms with Crippen LogP contribution in [0, 0.1) is 0 Å². The van der Waals surface area contributed by atoms with E-state index in [1.165, 1.54) is 0 Å². The van der Waals surface area contributed by atoms with E-state index in [1.54, 1.807) is 0 Å². The molecule has 152 valence electrons. The minimum absolute atomic E-state index is 0.00702. The van der Waals surface area contributed by atoms with Crippen molar-refractivity contribution in [2.75, 3.05) is 19.8 Å². The standard InChI is InChI=1S/C15H25NO3.C4H4O4/c1-15(2,3)16-10-13(18)11-19-14-6-4-12(5-7-14)8-9-17;5-3(6)1-2-4(7)8/h4-7,13,16-18H,8-11H2,1-3H3;1-2H,(H,5,6)(H,7,8)/t13-;/m0./s1. The van der Waals surface area contributed by atoms with Crippen LogP contribution < -0.4 is 10.1 Å². The Kier molecular flexibility index (Phi) is 11.7. The first-order valence-electron chi connectivity index (χ1n) is 8.43. The summed E-state index contributed by atoms with van der Waals surface area (Å²) >= 11 is 0. The van der Waals surface area contributed by atoms with Crippen LogP contribution >= 0.6 is 0 Å². The summed E-state index contributed by atoms with van der Waals surface area (Å²) < 4.78 is 5.51. The van der Waals surface area contributed by atoms with Crippen molar-refractivity contribution in [3.8, 4) is 5.75 Å². The summed E-state index contributed by atoms with van der Waals surface area (Å²) in [4.78, 5) is 19.1. The van der Waals surface area contributed by atoms with Gasteiger partial charge in [0, 0.05) is 30.8 Å². The highest BCUT2D eigenvalue weighted by atomic mass is 16.5. The van der Waals surface area contributed by atoms with Crippen molar-refractivity contribution in [3.05, 3.63) is 42.0 Å². The maximum absolute atomic E-state index is 9.79. The van der Waals surface area contributed by atoms with E-state index < -0.39 is 18.0 Å². The Hall–Kier alpha value is -2.42. The lowest BCUT2D eigenvalue weighted by atomic mass is 10.1. The second kappa shape index (κ2) is 12.9. The van der Waals surface area contributed by atoms with Crippen LogP contribution in [-0.2, 0) is 16.0 Å². The fraction of sp³-hybridized carbons (Fsp3) is 0.474. The third kappa shape index (κ3) is 15.5. The van der Waals surface area contributed by atoms with Gasteiger partial charge in [-0.3, -0.25) is 0 Å². The van der Waals surface area contributed by atoms with Crippen LogP contribution in [0.2, 0.25) is 0 Å². The number of carboxylic acids is 2. The van der Waals surface area contributed by atoms with Crippen LogP contribution in [0.5, 0.6) is 5.75 Å². The molecule has 5 N–H and O–H groups in total. The van der Waals surface area contributed by atoms with Crippen molar-refractivity contribution in [2.24, 2.45) is 0 Å². The number of β-amino-alcohol motifs (C(OH)–C–C–N with tert-alkyl or cyclic N) is 1. The molecule has 0 aliphatic rings. The van der Waals surface area contributed by atoms with E-state index in [4.69, 9.17) is 20.1 Å². The molecule has 0 aliphatic heterocycles. The highest BCUT2D eigenvalue weighted by Gasteiger charge is 2.12. The van der Waals surface area contributed by atoms with Crippen molar-refractivity contribution in [3.63, 3.8) is 0 Å². The van der Waals surface area contributed by atoms with Crippen molar-refractivity contribution < 1.29 is 34.8 Å². The average Bonchev–Trinajstić information content (AvgIpc) is 2.58. The lowest BCUT2D eigenvalue weighted by Gasteiger charge is -2.23. The van der Waals surface area contributed by atoms with Gasteiger partial charge in [-0.15, -0.1) is 0 Å². The van der Waals surface area contributed by atoms with E-state index in [-0.39, 0.29) is 18.8 Å². The summed E-state index contributed by atoms with van der Waals surface area (Å²) in [6, 6.07) is 7.56. The van der Waals surface area contributed by atoms with Gasteiger partial charge < -0.3 is 30.5 Å². The zero-order valence-corrected chi connectivity index (χ0v) is 15.9. The molecule has 0 spiro atoms. The maximum atomic E-state index is 9.79. The molecule has 1 aromatic carbocycles. The third-order valence-electron chi connectivity index (χ3n) is 3.00. The second-order valence-corrected chi connectivity index (χ2v) is 6.72. The highest BCUT2D eigenvalue weighted by Crippen LogP contribution is 2.12. The number of nitrogens with one attached hydrogen (secondary N) is 1. The Labute approximate surface area is 159 Å². The topological polar surface area (TPSA) is 136 Å². The third-order valence-corrected chi connectivity index (χ3v) is 3.00. The van der Waals surface area contributed by atoms with E-state index in [1.807, 2.05) is 24.3 Å². The van der Waals surface area contributed by atoms with Gasteiger partial charge in [-0.05, 0) is 44.9 Å². The number of carbonyl (C=O) groups is 2. The van der Waals surface area contributed by atoms with E-state index in [0.29, 0.717) is 25.1 Å². The lowest BCUT2D eigenvalue weighted by molar-refractivity contribution is -0.134.